The third kappa shape index (κ3) is 5.46. The van der Waals surface area contributed by atoms with Gasteiger partial charge < -0.3 is 4.74 Å². The highest BCUT2D eigenvalue weighted by Crippen LogP contribution is 2.56. The Morgan fingerprint density at radius 1 is 0.909 bits per heavy atom. The van der Waals surface area contributed by atoms with Crippen molar-refractivity contribution in [2.45, 2.75) is 57.4 Å². The first-order chi connectivity index (χ1) is 21.3. The van der Waals surface area contributed by atoms with Gasteiger partial charge >= 0.3 is 0 Å². The Kier molecular flexibility index (Phi) is 8.03. The molecule has 0 amide bonds. The second-order valence-corrected chi connectivity index (χ2v) is 13.9. The summed E-state index contributed by atoms with van der Waals surface area (Å²) in [6.45, 7) is 1.15. The van der Waals surface area contributed by atoms with E-state index in [1.807, 2.05) is 36.4 Å². The Bertz CT molecular complexity index is 1710. The first-order valence-electron chi connectivity index (χ1n) is 15.8. The van der Waals surface area contributed by atoms with Crippen LogP contribution in [-0.2, 0) is 11.2 Å². The molecule has 2 aliphatic carbocycles. The van der Waals surface area contributed by atoms with Crippen molar-refractivity contribution in [1.82, 2.24) is 9.88 Å². The lowest BCUT2D eigenvalue weighted by Crippen LogP contribution is -2.36. The molecule has 3 fully saturated rings. The Morgan fingerprint density at radius 2 is 1.59 bits per heavy atom. The van der Waals surface area contributed by atoms with Gasteiger partial charge in [0.05, 0.1) is 22.8 Å². The van der Waals surface area contributed by atoms with Crippen LogP contribution in [0.15, 0.2) is 72.8 Å². The molecule has 0 radical (unpaired) electrons. The van der Waals surface area contributed by atoms with Crippen LogP contribution in [0.4, 0.5) is 0 Å². The van der Waals surface area contributed by atoms with E-state index in [-0.39, 0.29) is 5.41 Å². The third-order valence-electron chi connectivity index (χ3n) is 10.3. The normalized spacial score (nSPS) is 23.3. The van der Waals surface area contributed by atoms with Gasteiger partial charge in [0, 0.05) is 46.7 Å². The highest BCUT2D eigenvalue weighted by Gasteiger charge is 2.48. The molecule has 1 aliphatic heterocycles. The second kappa shape index (κ2) is 12.0. The largest absolute Gasteiger partial charge is 0.481 e. The maximum absolute atomic E-state index is 11.8. The quantitative estimate of drug-likeness (QED) is 0.205. The number of rotatable bonds is 7. The molecule has 44 heavy (non-hydrogen) atoms. The van der Waals surface area contributed by atoms with E-state index in [1.54, 1.807) is 7.11 Å². The number of ether oxygens (including phenoxy) is 1. The predicted octanol–water partition coefficient (Wildman–Crippen LogP) is 9.86. The minimum Gasteiger partial charge on any atom is -0.481 e. The second-order valence-electron chi connectivity index (χ2n) is 13.2. The Morgan fingerprint density at radius 3 is 2.23 bits per heavy atom. The fraction of sp³-hybridized carbons (Fsp3) is 0.368. The molecule has 226 valence electrons. The van der Waals surface area contributed by atoms with E-state index in [0.717, 1.165) is 84.1 Å². The van der Waals surface area contributed by atoms with Crippen LogP contribution in [0, 0.1) is 11.3 Å². The third-order valence-corrected chi connectivity index (χ3v) is 11.1. The molecule has 3 aromatic carbocycles. The molecule has 1 spiro atoms. The van der Waals surface area contributed by atoms with Gasteiger partial charge in [-0.3, -0.25) is 9.69 Å². The number of nitrogens with zero attached hydrogens (tertiary/aromatic N) is 2. The number of carbonyl (C=O) groups excluding carboxylic acids is 1. The van der Waals surface area contributed by atoms with E-state index < -0.39 is 0 Å². The molecule has 7 rings (SSSR count). The number of methoxy groups -OCH3 is 1. The van der Waals surface area contributed by atoms with Crippen molar-refractivity contribution in [3.63, 3.8) is 0 Å². The van der Waals surface area contributed by atoms with Crippen LogP contribution in [0.5, 0.6) is 5.88 Å². The minimum absolute atomic E-state index is 0.269. The summed E-state index contributed by atoms with van der Waals surface area (Å²) in [4.78, 5) is 19.2. The molecule has 1 saturated heterocycles. The average molecular weight is 626 g/mol. The number of carbonyl (C=O) groups is 1. The van der Waals surface area contributed by atoms with Crippen molar-refractivity contribution >= 4 is 29.0 Å². The van der Waals surface area contributed by atoms with Crippen LogP contribution in [0.3, 0.4) is 0 Å². The zero-order valence-corrected chi connectivity index (χ0v) is 26.9. The van der Waals surface area contributed by atoms with Crippen LogP contribution >= 0.6 is 23.2 Å². The highest BCUT2D eigenvalue weighted by molar-refractivity contribution is 6.39. The molecule has 2 heterocycles. The van der Waals surface area contributed by atoms with Crippen molar-refractivity contribution in [3.05, 3.63) is 94.0 Å². The number of pyridine rings is 1. The molecule has 3 aliphatic rings. The maximum Gasteiger partial charge on any atom is 0.216 e. The molecule has 0 N–H and O–H groups in total. The molecular weight excluding hydrogens is 587 g/mol. The summed E-state index contributed by atoms with van der Waals surface area (Å²) in [5, 5.41) is 1.29. The van der Waals surface area contributed by atoms with Gasteiger partial charge in [0.15, 0.2) is 0 Å². The summed E-state index contributed by atoms with van der Waals surface area (Å²) in [5.74, 6) is 1.64. The molecule has 2 saturated carbocycles. The minimum atomic E-state index is 0.269. The van der Waals surface area contributed by atoms with E-state index in [9.17, 15) is 4.79 Å². The van der Waals surface area contributed by atoms with Gasteiger partial charge in [-0.15, -0.1) is 0 Å². The predicted molar refractivity (Wildman–Crippen MR) is 179 cm³/mol. The number of Topliss-reactive ketones (excluding diaryl/α,β-unsaturated/α-hetero) is 1. The van der Waals surface area contributed by atoms with Crippen molar-refractivity contribution < 1.29 is 9.53 Å². The van der Waals surface area contributed by atoms with Crippen LogP contribution in [0.2, 0.25) is 10.0 Å². The Balaban J connectivity index is 1.14. The van der Waals surface area contributed by atoms with Gasteiger partial charge in [-0.05, 0) is 80.6 Å². The summed E-state index contributed by atoms with van der Waals surface area (Å²) in [6, 6.07) is 25.6. The van der Waals surface area contributed by atoms with E-state index in [0.29, 0.717) is 33.7 Å². The molecule has 1 aromatic heterocycles. The monoisotopic (exact) mass is 624 g/mol. The molecule has 4 nitrogen and oxygen atoms in total. The van der Waals surface area contributed by atoms with Crippen molar-refractivity contribution in [1.29, 1.82) is 0 Å². The topological polar surface area (TPSA) is 42.4 Å². The maximum atomic E-state index is 11.8. The lowest BCUT2D eigenvalue weighted by molar-refractivity contribution is -0.118. The number of likely N-dealkylation sites (tertiary alicyclic amines) is 1. The van der Waals surface area contributed by atoms with Crippen LogP contribution in [0.1, 0.15) is 62.1 Å². The summed E-state index contributed by atoms with van der Waals surface area (Å²) >= 11 is 14.2. The summed E-state index contributed by atoms with van der Waals surface area (Å²) in [6.07, 6.45) is 8.20. The van der Waals surface area contributed by atoms with Crippen molar-refractivity contribution in [2.75, 3.05) is 20.7 Å². The zero-order chi connectivity index (χ0) is 30.4. The van der Waals surface area contributed by atoms with E-state index >= 15 is 0 Å². The van der Waals surface area contributed by atoms with E-state index in [1.165, 1.54) is 18.4 Å². The average Bonchev–Trinajstić information content (AvgIpc) is 3.63. The van der Waals surface area contributed by atoms with Crippen LogP contribution in [-0.4, -0.2) is 36.4 Å². The van der Waals surface area contributed by atoms with Gasteiger partial charge in [0.25, 0.3) is 0 Å². The van der Waals surface area contributed by atoms with Gasteiger partial charge in [-0.1, -0.05) is 89.9 Å². The Labute approximate surface area is 270 Å². The fourth-order valence-corrected chi connectivity index (χ4v) is 8.70. The molecule has 1 atom stereocenters. The highest BCUT2D eigenvalue weighted by atomic mass is 35.5. The summed E-state index contributed by atoms with van der Waals surface area (Å²) in [5.41, 5.74) is 8.18. The van der Waals surface area contributed by atoms with Gasteiger partial charge in [-0.2, -0.15) is 0 Å². The first-order valence-corrected chi connectivity index (χ1v) is 16.5. The number of hydrogen-bond acceptors (Lipinski definition) is 4. The zero-order valence-electron chi connectivity index (χ0n) is 25.4. The standard InChI is InChI=1S/C38H38Cl2N2O2/c1-42-19-5-10-34(42)26-13-11-25(12-14-26)29-6-3-7-30(35(29)39)31-8-4-9-32(36(31)40)33-16-15-27(37(41-33)44-2)20-24-21-38(22-24)18-17-28(43)23-38/h3-4,6-9,11-16,24,34H,5,10,17-23H2,1-2H3. The van der Waals surface area contributed by atoms with Crippen molar-refractivity contribution in [2.24, 2.45) is 11.3 Å². The lowest BCUT2D eigenvalue weighted by atomic mass is 9.59. The van der Waals surface area contributed by atoms with Gasteiger partial charge in [0.2, 0.25) is 5.88 Å². The van der Waals surface area contributed by atoms with Crippen molar-refractivity contribution in [3.8, 4) is 39.4 Å². The lowest BCUT2D eigenvalue weighted by Gasteiger charge is -2.45. The van der Waals surface area contributed by atoms with Gasteiger partial charge in [-0.25, -0.2) is 4.98 Å². The molecule has 0 bridgehead atoms. The SMILES string of the molecule is COc1nc(-c2cccc(-c3cccc(-c4ccc(C5CCCN5C)cc4)c3Cl)c2Cl)ccc1CC1CC2(CCC(=O)C2)C1. The number of aromatic nitrogens is 1. The number of halogens is 2. The summed E-state index contributed by atoms with van der Waals surface area (Å²) < 4.78 is 5.76. The number of ketones is 1. The molecule has 1 unspecified atom stereocenters. The smallest absolute Gasteiger partial charge is 0.216 e. The first kappa shape index (κ1) is 29.5. The van der Waals surface area contributed by atoms with Gasteiger partial charge in [0.1, 0.15) is 5.78 Å². The Hall–Kier alpha value is -3.18. The van der Waals surface area contributed by atoms with E-state index in [2.05, 4.69) is 48.3 Å². The van der Waals surface area contributed by atoms with Crippen LogP contribution < -0.4 is 4.74 Å². The molecular formula is C38H38Cl2N2O2. The van der Waals surface area contributed by atoms with E-state index in [4.69, 9.17) is 32.9 Å². The number of benzene rings is 3. The number of hydrogen-bond donors (Lipinski definition) is 0. The van der Waals surface area contributed by atoms with Crippen LogP contribution in [0.25, 0.3) is 33.5 Å². The molecule has 6 heteroatoms. The fourth-order valence-electron chi connectivity index (χ4n) is 8.04. The summed E-state index contributed by atoms with van der Waals surface area (Å²) in [7, 11) is 3.88. The molecule has 4 aromatic rings.